The van der Waals surface area contributed by atoms with Crippen molar-refractivity contribution in [2.24, 2.45) is 5.92 Å². The van der Waals surface area contributed by atoms with Crippen molar-refractivity contribution in [3.63, 3.8) is 0 Å². The van der Waals surface area contributed by atoms with Gasteiger partial charge in [0, 0.05) is 39.8 Å². The highest BCUT2D eigenvalue weighted by Gasteiger charge is 2.33. The summed E-state index contributed by atoms with van der Waals surface area (Å²) in [7, 11) is 3.94. The minimum Gasteiger partial charge on any atom is -0.381 e. The quantitative estimate of drug-likeness (QED) is 0.829. The Kier molecular flexibility index (Phi) is 5.50. The lowest BCUT2D eigenvalue weighted by Gasteiger charge is -2.41. The third-order valence-corrected chi connectivity index (χ3v) is 4.78. The molecule has 0 aromatic carbocycles. The van der Waals surface area contributed by atoms with Crippen LogP contribution in [0.1, 0.15) is 38.4 Å². The van der Waals surface area contributed by atoms with Gasteiger partial charge in [-0.3, -0.25) is 0 Å². The summed E-state index contributed by atoms with van der Waals surface area (Å²) in [5.74, 6) is 3.20. The SMILES string of the molecule is CC(C)c1nc(N(C)C)nc(N2CCOCC2C2CCOCC2)n1. The van der Waals surface area contributed by atoms with E-state index in [0.29, 0.717) is 12.0 Å². The molecule has 2 aliphatic heterocycles. The van der Waals surface area contributed by atoms with Crippen LogP contribution in [0.25, 0.3) is 0 Å². The van der Waals surface area contributed by atoms with Crippen molar-refractivity contribution >= 4 is 11.9 Å². The molecule has 0 bridgehead atoms. The van der Waals surface area contributed by atoms with Crippen LogP contribution in [0.4, 0.5) is 11.9 Å². The monoisotopic (exact) mass is 335 g/mol. The van der Waals surface area contributed by atoms with Crippen LogP contribution in [0.2, 0.25) is 0 Å². The normalized spacial score (nSPS) is 22.9. The molecule has 1 unspecified atom stereocenters. The molecule has 0 spiro atoms. The Bertz CT molecular complexity index is 520. The maximum absolute atomic E-state index is 5.78. The largest absolute Gasteiger partial charge is 0.381 e. The molecule has 134 valence electrons. The molecule has 0 N–H and O–H groups in total. The predicted octanol–water partition coefficient (Wildman–Crippen LogP) is 1.69. The number of rotatable bonds is 4. The minimum absolute atomic E-state index is 0.271. The van der Waals surface area contributed by atoms with Crippen molar-refractivity contribution in [3.8, 4) is 0 Å². The van der Waals surface area contributed by atoms with Crippen LogP contribution in [0.15, 0.2) is 0 Å². The molecule has 2 saturated heterocycles. The maximum Gasteiger partial charge on any atom is 0.230 e. The molecular weight excluding hydrogens is 306 g/mol. The van der Waals surface area contributed by atoms with E-state index in [1.807, 2.05) is 19.0 Å². The Hall–Kier alpha value is -1.47. The molecule has 3 rings (SSSR count). The molecule has 0 amide bonds. The van der Waals surface area contributed by atoms with E-state index >= 15 is 0 Å². The molecule has 0 saturated carbocycles. The number of nitrogens with zero attached hydrogens (tertiary/aromatic N) is 5. The van der Waals surface area contributed by atoms with E-state index in [4.69, 9.17) is 19.4 Å². The van der Waals surface area contributed by atoms with E-state index in [2.05, 4.69) is 23.7 Å². The van der Waals surface area contributed by atoms with Crippen LogP contribution in [0.5, 0.6) is 0 Å². The molecule has 1 aromatic heterocycles. The summed E-state index contributed by atoms with van der Waals surface area (Å²) >= 11 is 0. The molecule has 1 aromatic rings. The van der Waals surface area contributed by atoms with Gasteiger partial charge in [0.2, 0.25) is 11.9 Å². The molecule has 24 heavy (non-hydrogen) atoms. The topological polar surface area (TPSA) is 63.6 Å². The fourth-order valence-electron chi connectivity index (χ4n) is 3.32. The fourth-order valence-corrected chi connectivity index (χ4v) is 3.32. The van der Waals surface area contributed by atoms with E-state index in [1.165, 1.54) is 0 Å². The van der Waals surface area contributed by atoms with Crippen LogP contribution in [-0.2, 0) is 9.47 Å². The number of anilines is 2. The number of morpholine rings is 1. The van der Waals surface area contributed by atoms with Gasteiger partial charge < -0.3 is 19.3 Å². The predicted molar refractivity (Wildman–Crippen MR) is 93.7 cm³/mol. The summed E-state index contributed by atoms with van der Waals surface area (Å²) in [6.45, 7) is 8.21. The van der Waals surface area contributed by atoms with Crippen LogP contribution >= 0.6 is 0 Å². The molecule has 2 fully saturated rings. The zero-order chi connectivity index (χ0) is 17.1. The van der Waals surface area contributed by atoms with Crippen LogP contribution in [0, 0.1) is 5.92 Å². The van der Waals surface area contributed by atoms with Crippen molar-refractivity contribution in [2.45, 2.75) is 38.6 Å². The Morgan fingerprint density at radius 1 is 1.04 bits per heavy atom. The molecule has 1 atom stereocenters. The molecule has 7 heteroatoms. The zero-order valence-corrected chi connectivity index (χ0v) is 15.2. The van der Waals surface area contributed by atoms with Crippen molar-refractivity contribution in [2.75, 3.05) is 56.9 Å². The molecule has 0 radical (unpaired) electrons. The van der Waals surface area contributed by atoms with E-state index in [-0.39, 0.29) is 5.92 Å². The highest BCUT2D eigenvalue weighted by Crippen LogP contribution is 2.28. The van der Waals surface area contributed by atoms with Gasteiger partial charge in [-0.05, 0) is 18.8 Å². The minimum atomic E-state index is 0.271. The standard InChI is InChI=1S/C17H29N5O2/c1-12(2)15-18-16(21(3)4)20-17(19-15)22-7-10-24-11-14(22)13-5-8-23-9-6-13/h12-14H,5-11H2,1-4H3. The fraction of sp³-hybridized carbons (Fsp3) is 0.824. The highest BCUT2D eigenvalue weighted by molar-refractivity contribution is 5.40. The first-order valence-corrected chi connectivity index (χ1v) is 8.91. The molecular formula is C17H29N5O2. The Morgan fingerprint density at radius 2 is 1.79 bits per heavy atom. The average molecular weight is 335 g/mol. The van der Waals surface area contributed by atoms with E-state index < -0.39 is 0 Å². The lowest BCUT2D eigenvalue weighted by molar-refractivity contribution is 0.0217. The van der Waals surface area contributed by atoms with Crippen molar-refractivity contribution < 1.29 is 9.47 Å². The van der Waals surface area contributed by atoms with Gasteiger partial charge in [0.1, 0.15) is 5.82 Å². The van der Waals surface area contributed by atoms with Crippen LogP contribution < -0.4 is 9.80 Å². The Labute approximate surface area is 144 Å². The molecule has 2 aliphatic rings. The second kappa shape index (κ2) is 7.61. The third-order valence-electron chi connectivity index (χ3n) is 4.78. The van der Waals surface area contributed by atoms with Gasteiger partial charge in [0.05, 0.1) is 19.3 Å². The summed E-state index contributed by atoms with van der Waals surface area (Å²) in [6.07, 6.45) is 2.15. The summed E-state index contributed by atoms with van der Waals surface area (Å²) < 4.78 is 11.3. The molecule has 3 heterocycles. The second-order valence-corrected chi connectivity index (χ2v) is 7.13. The van der Waals surface area contributed by atoms with Gasteiger partial charge in [0.15, 0.2) is 0 Å². The summed E-state index contributed by atoms with van der Waals surface area (Å²) in [5.41, 5.74) is 0. The van der Waals surface area contributed by atoms with Crippen molar-refractivity contribution in [1.82, 2.24) is 15.0 Å². The van der Waals surface area contributed by atoms with E-state index in [0.717, 1.165) is 63.5 Å². The number of ether oxygens (including phenoxy) is 2. The summed E-state index contributed by atoms with van der Waals surface area (Å²) in [5, 5.41) is 0. The second-order valence-electron chi connectivity index (χ2n) is 7.13. The van der Waals surface area contributed by atoms with E-state index in [1.54, 1.807) is 0 Å². The lowest BCUT2D eigenvalue weighted by Crippen LogP contribution is -2.51. The van der Waals surface area contributed by atoms with Crippen LogP contribution in [-0.4, -0.2) is 68.1 Å². The van der Waals surface area contributed by atoms with Crippen LogP contribution in [0.3, 0.4) is 0 Å². The maximum atomic E-state index is 5.78. The van der Waals surface area contributed by atoms with Gasteiger partial charge in [0.25, 0.3) is 0 Å². The summed E-state index contributed by atoms with van der Waals surface area (Å²) in [4.78, 5) is 18.4. The Morgan fingerprint density at radius 3 is 2.46 bits per heavy atom. The number of hydrogen-bond acceptors (Lipinski definition) is 7. The molecule has 0 aliphatic carbocycles. The number of aromatic nitrogens is 3. The zero-order valence-electron chi connectivity index (χ0n) is 15.2. The third kappa shape index (κ3) is 3.78. The van der Waals surface area contributed by atoms with Gasteiger partial charge in [-0.15, -0.1) is 0 Å². The smallest absolute Gasteiger partial charge is 0.230 e. The van der Waals surface area contributed by atoms with E-state index in [9.17, 15) is 0 Å². The van der Waals surface area contributed by atoms with Crippen molar-refractivity contribution in [3.05, 3.63) is 5.82 Å². The van der Waals surface area contributed by atoms with Gasteiger partial charge in [-0.2, -0.15) is 15.0 Å². The van der Waals surface area contributed by atoms with Gasteiger partial charge in [-0.1, -0.05) is 13.8 Å². The summed E-state index contributed by atoms with van der Waals surface area (Å²) in [6, 6.07) is 0.320. The first-order valence-electron chi connectivity index (χ1n) is 8.91. The first kappa shape index (κ1) is 17.4. The average Bonchev–Trinajstić information content (AvgIpc) is 2.62. The van der Waals surface area contributed by atoms with Gasteiger partial charge >= 0.3 is 0 Å². The first-order chi connectivity index (χ1) is 11.6. The number of hydrogen-bond donors (Lipinski definition) is 0. The lowest BCUT2D eigenvalue weighted by atomic mass is 9.90. The Balaban J connectivity index is 1.91. The van der Waals surface area contributed by atoms with Gasteiger partial charge in [-0.25, -0.2) is 0 Å². The molecule has 7 nitrogen and oxygen atoms in total. The highest BCUT2D eigenvalue weighted by atomic mass is 16.5. The van der Waals surface area contributed by atoms with Crippen molar-refractivity contribution in [1.29, 1.82) is 0 Å².